The molecule has 0 aliphatic carbocycles. The Bertz CT molecular complexity index is 380. The largest absolute Gasteiger partial charge is 0.497 e. The normalized spacial score (nSPS) is 10.8. The van der Waals surface area contributed by atoms with Crippen LogP contribution < -0.4 is 10.2 Å². The highest BCUT2D eigenvalue weighted by molar-refractivity contribution is 6.59. The number of rotatable bonds is 8. The summed E-state index contributed by atoms with van der Waals surface area (Å²) in [5.74, 6) is 1.17. The monoisotopic (exact) mass is 266 g/mol. The molecule has 0 fully saturated rings. The summed E-state index contributed by atoms with van der Waals surface area (Å²) >= 11 is 0. The summed E-state index contributed by atoms with van der Waals surface area (Å²) in [6.45, 7) is 5.58. The summed E-state index contributed by atoms with van der Waals surface area (Å²) in [7, 11) is -0.0284. The van der Waals surface area contributed by atoms with Gasteiger partial charge in [-0.3, -0.25) is 0 Å². The van der Waals surface area contributed by atoms with Crippen molar-refractivity contribution in [3.05, 3.63) is 23.8 Å². The second-order valence-corrected chi connectivity index (χ2v) is 5.04. The first kappa shape index (κ1) is 16.0. The lowest BCUT2D eigenvalue weighted by Gasteiger charge is -2.11. The Morgan fingerprint density at radius 2 is 2.00 bits per heavy atom. The van der Waals surface area contributed by atoms with Crippen molar-refractivity contribution in [1.29, 1.82) is 0 Å². The molecule has 0 aliphatic heterocycles. The molecule has 0 amide bonds. The van der Waals surface area contributed by atoms with E-state index in [1.807, 2.05) is 6.07 Å². The third-order valence-electron chi connectivity index (χ3n) is 2.91. The third-order valence-corrected chi connectivity index (χ3v) is 2.91. The first-order chi connectivity index (χ1) is 9.04. The van der Waals surface area contributed by atoms with Crippen molar-refractivity contribution in [2.24, 2.45) is 5.92 Å². The molecule has 0 atom stereocenters. The van der Waals surface area contributed by atoms with Crippen LogP contribution in [0.3, 0.4) is 0 Å². The molecule has 5 heteroatoms. The molecule has 0 bridgehead atoms. The Labute approximate surface area is 115 Å². The van der Waals surface area contributed by atoms with Crippen LogP contribution in [0.25, 0.3) is 0 Å². The van der Waals surface area contributed by atoms with Crippen LogP contribution in [0.15, 0.2) is 18.2 Å². The fourth-order valence-corrected chi connectivity index (χ4v) is 1.86. The molecule has 106 valence electrons. The molecule has 1 aromatic rings. The van der Waals surface area contributed by atoms with Gasteiger partial charge < -0.3 is 19.5 Å². The molecule has 0 unspecified atom stereocenters. The number of methoxy groups -OCH3 is 1. The van der Waals surface area contributed by atoms with Crippen molar-refractivity contribution >= 4 is 12.6 Å². The minimum absolute atomic E-state index is 0.366. The van der Waals surface area contributed by atoms with Crippen molar-refractivity contribution in [3.8, 4) is 5.75 Å². The van der Waals surface area contributed by atoms with Gasteiger partial charge in [0, 0.05) is 12.1 Å². The number of hydrogen-bond donors (Lipinski definition) is 2. The quantitative estimate of drug-likeness (QED) is 0.550. The van der Waals surface area contributed by atoms with Crippen LogP contribution in [0.2, 0.25) is 0 Å². The van der Waals surface area contributed by atoms with Gasteiger partial charge in [-0.2, -0.15) is 0 Å². The van der Waals surface area contributed by atoms with E-state index < -0.39 is 7.12 Å². The molecule has 1 rings (SSSR count). The van der Waals surface area contributed by atoms with Gasteiger partial charge in [0.2, 0.25) is 0 Å². The highest BCUT2D eigenvalue weighted by Crippen LogP contribution is 2.11. The molecule has 0 saturated heterocycles. The second kappa shape index (κ2) is 8.20. The number of ether oxygens (including phenoxy) is 2. The SMILES string of the molecule is COc1ccc(COCCCC(C)C)cc1B(O)O. The Hall–Kier alpha value is -1.04. The van der Waals surface area contributed by atoms with E-state index in [0.717, 1.165) is 25.0 Å². The molecular weight excluding hydrogens is 243 g/mol. The van der Waals surface area contributed by atoms with Gasteiger partial charge in [-0.25, -0.2) is 0 Å². The maximum absolute atomic E-state index is 9.27. The van der Waals surface area contributed by atoms with Crippen LogP contribution in [0.1, 0.15) is 32.3 Å². The van der Waals surface area contributed by atoms with Crippen LogP contribution in [-0.4, -0.2) is 30.9 Å². The summed E-state index contributed by atoms with van der Waals surface area (Å²) in [5, 5.41) is 18.5. The van der Waals surface area contributed by atoms with Gasteiger partial charge in [-0.15, -0.1) is 0 Å². The Kier molecular flexibility index (Phi) is 6.91. The minimum Gasteiger partial charge on any atom is -0.497 e. The van der Waals surface area contributed by atoms with Gasteiger partial charge in [-0.1, -0.05) is 26.0 Å². The highest BCUT2D eigenvalue weighted by atomic mass is 16.5. The number of hydrogen-bond acceptors (Lipinski definition) is 4. The maximum atomic E-state index is 9.27. The summed E-state index contributed by atoms with van der Waals surface area (Å²) in [5.41, 5.74) is 1.28. The molecule has 0 saturated carbocycles. The van der Waals surface area contributed by atoms with E-state index in [-0.39, 0.29) is 0 Å². The zero-order chi connectivity index (χ0) is 14.3. The van der Waals surface area contributed by atoms with Crippen LogP contribution in [0.4, 0.5) is 0 Å². The van der Waals surface area contributed by atoms with Crippen LogP contribution in [0, 0.1) is 5.92 Å². The number of benzene rings is 1. The Morgan fingerprint density at radius 1 is 1.26 bits per heavy atom. The van der Waals surface area contributed by atoms with E-state index in [4.69, 9.17) is 9.47 Å². The van der Waals surface area contributed by atoms with Gasteiger partial charge >= 0.3 is 7.12 Å². The van der Waals surface area contributed by atoms with Crippen LogP contribution >= 0.6 is 0 Å². The van der Waals surface area contributed by atoms with E-state index in [2.05, 4.69) is 13.8 Å². The Morgan fingerprint density at radius 3 is 2.58 bits per heavy atom. The molecule has 4 nitrogen and oxygen atoms in total. The van der Waals surface area contributed by atoms with Crippen molar-refractivity contribution in [2.45, 2.75) is 33.3 Å². The molecule has 0 spiro atoms. The molecule has 0 heterocycles. The zero-order valence-electron chi connectivity index (χ0n) is 11.9. The van der Waals surface area contributed by atoms with E-state index >= 15 is 0 Å². The van der Waals surface area contributed by atoms with Gasteiger partial charge in [0.05, 0.1) is 13.7 Å². The molecule has 0 radical (unpaired) electrons. The molecular formula is C14H23BO4. The molecule has 2 N–H and O–H groups in total. The average Bonchev–Trinajstić information content (AvgIpc) is 2.37. The molecule has 1 aromatic carbocycles. The molecule has 0 aliphatic rings. The van der Waals surface area contributed by atoms with Crippen molar-refractivity contribution in [2.75, 3.05) is 13.7 Å². The van der Waals surface area contributed by atoms with Crippen LogP contribution in [0.5, 0.6) is 5.75 Å². The minimum atomic E-state index is -1.53. The van der Waals surface area contributed by atoms with Gasteiger partial charge in [-0.05, 0) is 30.4 Å². The first-order valence-electron chi connectivity index (χ1n) is 6.65. The second-order valence-electron chi connectivity index (χ2n) is 5.04. The molecule has 19 heavy (non-hydrogen) atoms. The van der Waals surface area contributed by atoms with E-state index in [1.165, 1.54) is 7.11 Å². The van der Waals surface area contributed by atoms with Crippen molar-refractivity contribution < 1.29 is 19.5 Å². The zero-order valence-corrected chi connectivity index (χ0v) is 11.9. The predicted octanol–water partition coefficient (Wildman–Crippen LogP) is 1.33. The smallest absolute Gasteiger partial charge is 0.492 e. The molecule has 0 aromatic heterocycles. The first-order valence-corrected chi connectivity index (χ1v) is 6.65. The van der Waals surface area contributed by atoms with Gasteiger partial charge in [0.1, 0.15) is 5.75 Å². The van der Waals surface area contributed by atoms with E-state index in [1.54, 1.807) is 12.1 Å². The van der Waals surface area contributed by atoms with Crippen molar-refractivity contribution in [3.63, 3.8) is 0 Å². The standard InChI is InChI=1S/C14H23BO4/c1-11(2)5-4-8-19-10-12-6-7-14(18-3)13(9-12)15(16)17/h6-7,9,11,16-17H,4-5,8,10H2,1-3H3. The van der Waals surface area contributed by atoms with Crippen LogP contribution in [-0.2, 0) is 11.3 Å². The lowest BCUT2D eigenvalue weighted by molar-refractivity contribution is 0.115. The fraction of sp³-hybridized carbons (Fsp3) is 0.571. The predicted molar refractivity (Wildman–Crippen MR) is 76.5 cm³/mol. The van der Waals surface area contributed by atoms with E-state index in [0.29, 0.717) is 23.7 Å². The summed E-state index contributed by atoms with van der Waals surface area (Å²) < 4.78 is 10.6. The lowest BCUT2D eigenvalue weighted by atomic mass is 9.79. The average molecular weight is 266 g/mol. The van der Waals surface area contributed by atoms with Gasteiger partial charge in [0.15, 0.2) is 0 Å². The summed E-state index contributed by atoms with van der Waals surface area (Å²) in [4.78, 5) is 0. The third kappa shape index (κ3) is 5.64. The topological polar surface area (TPSA) is 58.9 Å². The summed E-state index contributed by atoms with van der Waals surface area (Å²) in [6.07, 6.45) is 2.20. The Balaban J connectivity index is 2.48. The summed E-state index contributed by atoms with van der Waals surface area (Å²) in [6, 6.07) is 5.29. The lowest BCUT2D eigenvalue weighted by Crippen LogP contribution is -2.31. The highest BCUT2D eigenvalue weighted by Gasteiger charge is 2.17. The van der Waals surface area contributed by atoms with Crippen molar-refractivity contribution in [1.82, 2.24) is 0 Å². The van der Waals surface area contributed by atoms with Gasteiger partial charge in [0.25, 0.3) is 0 Å². The van der Waals surface area contributed by atoms with E-state index in [9.17, 15) is 10.0 Å². The maximum Gasteiger partial charge on any atom is 0.492 e. The fourth-order valence-electron chi connectivity index (χ4n) is 1.86.